The zero-order chi connectivity index (χ0) is 19.5. The standard InChI is InChI=1S/C21H26N2O4/c1-27-19-9-7-17(8-10-19)15-22-13-11-20(24)23(14-12-21(25)26)16-18-5-3-2-4-6-18/h2-10,22H,11-16H2,1H3,(H,25,26). The Bertz CT molecular complexity index is 717. The summed E-state index contributed by atoms with van der Waals surface area (Å²) in [7, 11) is 1.63. The minimum atomic E-state index is -0.904. The zero-order valence-electron chi connectivity index (χ0n) is 15.6. The summed E-state index contributed by atoms with van der Waals surface area (Å²) in [6, 6.07) is 17.3. The maximum atomic E-state index is 12.5. The number of benzene rings is 2. The molecule has 2 rings (SSSR count). The van der Waals surface area contributed by atoms with E-state index in [-0.39, 0.29) is 18.9 Å². The summed E-state index contributed by atoms with van der Waals surface area (Å²) < 4.78 is 5.13. The number of nitrogens with zero attached hydrogens (tertiary/aromatic N) is 1. The minimum Gasteiger partial charge on any atom is -0.497 e. The van der Waals surface area contributed by atoms with Gasteiger partial charge in [0.05, 0.1) is 13.5 Å². The first-order valence-electron chi connectivity index (χ1n) is 8.95. The van der Waals surface area contributed by atoms with Crippen LogP contribution in [0.4, 0.5) is 0 Å². The van der Waals surface area contributed by atoms with E-state index >= 15 is 0 Å². The Morgan fingerprint density at radius 3 is 2.33 bits per heavy atom. The number of hydrogen-bond donors (Lipinski definition) is 2. The Morgan fingerprint density at radius 1 is 1.00 bits per heavy atom. The highest BCUT2D eigenvalue weighted by Crippen LogP contribution is 2.11. The smallest absolute Gasteiger partial charge is 0.305 e. The van der Waals surface area contributed by atoms with Crippen molar-refractivity contribution in [2.75, 3.05) is 20.2 Å². The van der Waals surface area contributed by atoms with Gasteiger partial charge in [0.25, 0.3) is 0 Å². The van der Waals surface area contributed by atoms with E-state index in [0.717, 1.165) is 16.9 Å². The van der Waals surface area contributed by atoms with Gasteiger partial charge in [0.1, 0.15) is 5.75 Å². The molecule has 0 saturated heterocycles. The molecule has 0 aliphatic carbocycles. The lowest BCUT2D eigenvalue weighted by atomic mass is 10.2. The van der Waals surface area contributed by atoms with Gasteiger partial charge >= 0.3 is 5.97 Å². The molecule has 0 fully saturated rings. The van der Waals surface area contributed by atoms with Crippen LogP contribution in [0.1, 0.15) is 24.0 Å². The van der Waals surface area contributed by atoms with Crippen molar-refractivity contribution in [3.05, 3.63) is 65.7 Å². The first-order valence-corrected chi connectivity index (χ1v) is 8.95. The fraction of sp³-hybridized carbons (Fsp3) is 0.333. The molecule has 0 saturated carbocycles. The molecule has 0 aliphatic rings. The van der Waals surface area contributed by atoms with E-state index in [1.54, 1.807) is 12.0 Å². The third kappa shape index (κ3) is 7.50. The lowest BCUT2D eigenvalue weighted by Gasteiger charge is -2.22. The van der Waals surface area contributed by atoms with Crippen molar-refractivity contribution in [3.8, 4) is 5.75 Å². The van der Waals surface area contributed by atoms with Crippen LogP contribution in [0.5, 0.6) is 5.75 Å². The first-order chi connectivity index (χ1) is 13.1. The highest BCUT2D eigenvalue weighted by Gasteiger charge is 2.15. The van der Waals surface area contributed by atoms with Crippen LogP contribution in [0.2, 0.25) is 0 Å². The highest BCUT2D eigenvalue weighted by atomic mass is 16.5. The molecule has 2 aromatic rings. The lowest BCUT2D eigenvalue weighted by Crippen LogP contribution is -2.34. The minimum absolute atomic E-state index is 0.0534. The van der Waals surface area contributed by atoms with E-state index in [9.17, 15) is 9.59 Å². The van der Waals surface area contributed by atoms with Crippen molar-refractivity contribution in [3.63, 3.8) is 0 Å². The normalized spacial score (nSPS) is 10.4. The summed E-state index contributed by atoms with van der Waals surface area (Å²) in [6.07, 6.45) is 0.264. The fourth-order valence-electron chi connectivity index (χ4n) is 2.66. The molecule has 0 bridgehead atoms. The number of aliphatic carboxylic acids is 1. The van der Waals surface area contributed by atoms with Crippen LogP contribution in [0.25, 0.3) is 0 Å². The Labute approximate surface area is 159 Å². The number of hydrogen-bond acceptors (Lipinski definition) is 4. The van der Waals surface area contributed by atoms with E-state index in [4.69, 9.17) is 9.84 Å². The van der Waals surface area contributed by atoms with Gasteiger partial charge < -0.3 is 20.1 Å². The Morgan fingerprint density at radius 2 is 1.70 bits per heavy atom. The predicted octanol–water partition coefficient (Wildman–Crippen LogP) is 2.68. The van der Waals surface area contributed by atoms with Gasteiger partial charge in [0, 0.05) is 32.6 Å². The molecular weight excluding hydrogens is 344 g/mol. The van der Waals surface area contributed by atoms with E-state index in [2.05, 4.69) is 5.32 Å². The lowest BCUT2D eigenvalue weighted by molar-refractivity contribution is -0.138. The number of carboxylic acids is 1. The average molecular weight is 370 g/mol. The SMILES string of the molecule is COc1ccc(CNCCC(=O)N(CCC(=O)O)Cc2ccccc2)cc1. The van der Waals surface area contributed by atoms with Gasteiger partial charge in [-0.1, -0.05) is 42.5 Å². The third-order valence-electron chi connectivity index (χ3n) is 4.17. The molecule has 0 atom stereocenters. The number of ether oxygens (including phenoxy) is 1. The van der Waals surface area contributed by atoms with Crippen molar-refractivity contribution in [1.82, 2.24) is 10.2 Å². The number of rotatable bonds is 11. The first kappa shape index (κ1) is 20.5. The van der Waals surface area contributed by atoms with E-state index < -0.39 is 5.97 Å². The van der Waals surface area contributed by atoms with Gasteiger partial charge in [0.15, 0.2) is 0 Å². The molecule has 2 aromatic carbocycles. The fourth-order valence-corrected chi connectivity index (χ4v) is 2.66. The van der Waals surface area contributed by atoms with Crippen molar-refractivity contribution in [2.45, 2.75) is 25.9 Å². The molecule has 1 amide bonds. The van der Waals surface area contributed by atoms with Crippen LogP contribution in [0.3, 0.4) is 0 Å². The number of amides is 1. The molecule has 0 radical (unpaired) electrons. The molecule has 2 N–H and O–H groups in total. The summed E-state index contributed by atoms with van der Waals surface area (Å²) in [5.41, 5.74) is 2.10. The summed E-state index contributed by atoms with van der Waals surface area (Å²) in [4.78, 5) is 25.0. The molecule has 0 aliphatic heterocycles. The summed E-state index contributed by atoms with van der Waals surface area (Å²) in [6.45, 7) is 1.82. The second-order valence-corrected chi connectivity index (χ2v) is 6.22. The monoisotopic (exact) mass is 370 g/mol. The second-order valence-electron chi connectivity index (χ2n) is 6.22. The Hall–Kier alpha value is -2.86. The number of carbonyl (C=O) groups is 2. The van der Waals surface area contributed by atoms with Crippen LogP contribution in [-0.2, 0) is 22.7 Å². The Kier molecular flexibility index (Phi) is 8.32. The summed E-state index contributed by atoms with van der Waals surface area (Å²) in [5.74, 6) is -0.148. The van der Waals surface area contributed by atoms with Crippen molar-refractivity contribution in [1.29, 1.82) is 0 Å². The predicted molar refractivity (Wildman–Crippen MR) is 103 cm³/mol. The molecular formula is C21H26N2O4. The molecule has 0 heterocycles. The molecule has 0 spiro atoms. The molecule has 0 unspecified atom stereocenters. The number of carboxylic acid groups (broad SMARTS) is 1. The second kappa shape index (κ2) is 11.0. The van der Waals surface area contributed by atoms with Crippen LogP contribution in [0.15, 0.2) is 54.6 Å². The summed E-state index contributed by atoms with van der Waals surface area (Å²) in [5, 5.41) is 12.2. The quantitative estimate of drug-likeness (QED) is 0.595. The zero-order valence-corrected chi connectivity index (χ0v) is 15.6. The molecule has 27 heavy (non-hydrogen) atoms. The van der Waals surface area contributed by atoms with E-state index in [0.29, 0.717) is 26.1 Å². The maximum absolute atomic E-state index is 12.5. The van der Waals surface area contributed by atoms with E-state index in [1.807, 2.05) is 54.6 Å². The maximum Gasteiger partial charge on any atom is 0.305 e. The number of carbonyl (C=O) groups excluding carboxylic acids is 1. The van der Waals surface area contributed by atoms with Gasteiger partial charge in [-0.05, 0) is 23.3 Å². The largest absolute Gasteiger partial charge is 0.497 e. The van der Waals surface area contributed by atoms with Gasteiger partial charge in [-0.2, -0.15) is 0 Å². The summed E-state index contributed by atoms with van der Waals surface area (Å²) >= 11 is 0. The molecule has 6 nitrogen and oxygen atoms in total. The molecule has 0 aromatic heterocycles. The Balaban J connectivity index is 1.81. The number of methoxy groups -OCH3 is 1. The van der Waals surface area contributed by atoms with Crippen molar-refractivity contribution < 1.29 is 19.4 Å². The van der Waals surface area contributed by atoms with Crippen molar-refractivity contribution >= 4 is 11.9 Å². The third-order valence-corrected chi connectivity index (χ3v) is 4.17. The van der Waals surface area contributed by atoms with E-state index in [1.165, 1.54) is 0 Å². The van der Waals surface area contributed by atoms with Crippen molar-refractivity contribution in [2.24, 2.45) is 0 Å². The van der Waals surface area contributed by atoms with Gasteiger partial charge in [-0.15, -0.1) is 0 Å². The van der Waals surface area contributed by atoms with Crippen LogP contribution in [0, 0.1) is 0 Å². The van der Waals surface area contributed by atoms with Gasteiger partial charge in [0.2, 0.25) is 5.91 Å². The van der Waals surface area contributed by atoms with Crippen LogP contribution in [-0.4, -0.2) is 42.1 Å². The highest BCUT2D eigenvalue weighted by molar-refractivity contribution is 5.77. The van der Waals surface area contributed by atoms with Gasteiger partial charge in [-0.3, -0.25) is 9.59 Å². The van der Waals surface area contributed by atoms with Crippen LogP contribution < -0.4 is 10.1 Å². The average Bonchev–Trinajstić information content (AvgIpc) is 2.69. The topological polar surface area (TPSA) is 78.9 Å². The van der Waals surface area contributed by atoms with Crippen LogP contribution >= 0.6 is 0 Å². The molecule has 6 heteroatoms. The molecule has 144 valence electrons. The number of nitrogens with one attached hydrogen (secondary N) is 1. The van der Waals surface area contributed by atoms with Gasteiger partial charge in [-0.25, -0.2) is 0 Å².